The molecule has 0 fully saturated rings. The highest BCUT2D eigenvalue weighted by Gasteiger charge is 2.11. The van der Waals surface area contributed by atoms with Crippen LogP contribution in [0.3, 0.4) is 0 Å². The van der Waals surface area contributed by atoms with Crippen molar-refractivity contribution in [2.75, 3.05) is 12.4 Å². The van der Waals surface area contributed by atoms with Gasteiger partial charge >= 0.3 is 0 Å². The molecular weight excluding hydrogens is 290 g/mol. The predicted octanol–water partition coefficient (Wildman–Crippen LogP) is 4.98. The summed E-state index contributed by atoms with van der Waals surface area (Å²) in [4.78, 5) is 0. The summed E-state index contributed by atoms with van der Waals surface area (Å²) in [6.07, 6.45) is 4.86. The average Bonchev–Trinajstić information content (AvgIpc) is 2.34. The molecule has 0 unspecified atom stereocenters. The lowest BCUT2D eigenvalue weighted by molar-refractivity contribution is 0.185. The number of halogens is 1. The number of methoxy groups -OCH3 is 1. The number of rotatable bonds is 8. The Labute approximate surface area is 119 Å². The zero-order valence-corrected chi connectivity index (χ0v) is 13.2. The van der Waals surface area contributed by atoms with E-state index < -0.39 is 0 Å². The Hall–Kier alpha value is -0.540. The molecule has 1 rings (SSSR count). The summed E-state index contributed by atoms with van der Waals surface area (Å²) in [6, 6.07) is 6.83. The van der Waals surface area contributed by atoms with E-state index in [1.807, 2.05) is 0 Å². The molecule has 2 nitrogen and oxygen atoms in total. The molecule has 102 valence electrons. The van der Waals surface area contributed by atoms with Crippen molar-refractivity contribution in [3.05, 3.63) is 28.2 Å². The summed E-state index contributed by atoms with van der Waals surface area (Å²) in [7, 11) is 1.73. The van der Waals surface area contributed by atoms with Crippen molar-refractivity contribution < 1.29 is 4.74 Å². The second-order valence-corrected chi connectivity index (χ2v) is 5.47. The molecule has 0 saturated heterocycles. The molecule has 0 aliphatic heterocycles. The lowest BCUT2D eigenvalue weighted by atomic mass is 10.1. The number of benzene rings is 1. The third-order valence-electron chi connectivity index (χ3n) is 3.04. The highest BCUT2D eigenvalue weighted by atomic mass is 79.9. The van der Waals surface area contributed by atoms with Crippen molar-refractivity contribution in [2.45, 2.75) is 52.2 Å². The summed E-state index contributed by atoms with van der Waals surface area (Å²) in [5.41, 5.74) is 2.40. The van der Waals surface area contributed by atoms with E-state index in [2.05, 4.69) is 53.3 Å². The van der Waals surface area contributed by atoms with E-state index in [0.29, 0.717) is 12.6 Å². The van der Waals surface area contributed by atoms with E-state index in [-0.39, 0.29) is 0 Å². The van der Waals surface area contributed by atoms with Gasteiger partial charge in [0.1, 0.15) is 0 Å². The molecule has 1 N–H and O–H groups in total. The fraction of sp³-hybridized carbons (Fsp3) is 0.600. The van der Waals surface area contributed by atoms with E-state index in [9.17, 15) is 0 Å². The number of hydrogen-bond acceptors (Lipinski definition) is 2. The van der Waals surface area contributed by atoms with Gasteiger partial charge in [-0.3, -0.25) is 0 Å². The highest BCUT2D eigenvalue weighted by Crippen LogP contribution is 2.27. The molecule has 3 heteroatoms. The third-order valence-corrected chi connectivity index (χ3v) is 3.78. The number of anilines is 1. The molecule has 0 spiro atoms. The lowest BCUT2D eigenvalue weighted by Gasteiger charge is -2.21. The molecule has 0 saturated carbocycles. The van der Waals surface area contributed by atoms with E-state index in [1.165, 1.54) is 36.9 Å². The zero-order valence-electron chi connectivity index (χ0n) is 11.6. The zero-order chi connectivity index (χ0) is 13.4. The van der Waals surface area contributed by atoms with Gasteiger partial charge in [0.15, 0.2) is 0 Å². The van der Waals surface area contributed by atoms with E-state index in [1.54, 1.807) is 7.11 Å². The Balaban J connectivity index is 2.83. The van der Waals surface area contributed by atoms with E-state index in [0.717, 1.165) is 4.47 Å². The minimum absolute atomic E-state index is 0.560. The maximum absolute atomic E-state index is 5.28. The molecule has 0 aliphatic carbocycles. The van der Waals surface area contributed by atoms with E-state index >= 15 is 0 Å². The van der Waals surface area contributed by atoms with Crippen LogP contribution >= 0.6 is 15.9 Å². The Kier molecular flexibility index (Phi) is 7.36. The van der Waals surface area contributed by atoms with Crippen LogP contribution in [0.15, 0.2) is 22.7 Å². The Morgan fingerprint density at radius 2 is 1.89 bits per heavy atom. The maximum Gasteiger partial charge on any atom is 0.0744 e. The summed E-state index contributed by atoms with van der Waals surface area (Å²) in [6.45, 7) is 5.11. The first kappa shape index (κ1) is 15.5. The van der Waals surface area contributed by atoms with Crippen LogP contribution in [-0.4, -0.2) is 13.2 Å². The Bertz CT molecular complexity index is 348. The molecule has 0 atom stereocenters. The normalized spacial score (nSPS) is 10.9. The largest absolute Gasteiger partial charge is 0.382 e. The molecular formula is C15H24BrNO. The van der Waals surface area contributed by atoms with Crippen LogP contribution in [0.25, 0.3) is 0 Å². The van der Waals surface area contributed by atoms with Gasteiger partial charge in [0, 0.05) is 28.9 Å². The fourth-order valence-electron chi connectivity index (χ4n) is 2.19. The molecule has 1 aromatic rings. The van der Waals surface area contributed by atoms with Crippen molar-refractivity contribution in [3.8, 4) is 0 Å². The minimum Gasteiger partial charge on any atom is -0.382 e. The van der Waals surface area contributed by atoms with E-state index in [4.69, 9.17) is 4.74 Å². The van der Waals surface area contributed by atoms with Gasteiger partial charge in [0.2, 0.25) is 0 Å². The van der Waals surface area contributed by atoms with Crippen molar-refractivity contribution in [1.82, 2.24) is 0 Å². The number of nitrogens with one attached hydrogen (secondary N) is 1. The molecule has 0 amide bonds. The van der Waals surface area contributed by atoms with Crippen LogP contribution in [0, 0.1) is 0 Å². The maximum atomic E-state index is 5.28. The Morgan fingerprint density at radius 1 is 1.22 bits per heavy atom. The van der Waals surface area contributed by atoms with Gasteiger partial charge in [0.05, 0.1) is 6.61 Å². The smallest absolute Gasteiger partial charge is 0.0744 e. The first-order valence-corrected chi connectivity index (χ1v) is 7.55. The lowest BCUT2D eigenvalue weighted by Crippen LogP contribution is -2.20. The van der Waals surface area contributed by atoms with Crippen molar-refractivity contribution >= 4 is 21.6 Å². The van der Waals surface area contributed by atoms with Gasteiger partial charge in [0.25, 0.3) is 0 Å². The van der Waals surface area contributed by atoms with Gasteiger partial charge in [-0.25, -0.2) is 0 Å². The second kappa shape index (κ2) is 8.54. The molecule has 0 aromatic heterocycles. The summed E-state index contributed by atoms with van der Waals surface area (Å²) in [5.74, 6) is 0. The molecule has 1 aromatic carbocycles. The highest BCUT2D eigenvalue weighted by molar-refractivity contribution is 9.10. The topological polar surface area (TPSA) is 21.3 Å². The SMILES string of the molecule is CCCC(CCC)Nc1cccc(Br)c1COC. The summed E-state index contributed by atoms with van der Waals surface area (Å²) >= 11 is 3.60. The molecule has 0 aliphatic rings. The molecule has 0 bridgehead atoms. The van der Waals surface area contributed by atoms with Gasteiger partial charge in [-0.15, -0.1) is 0 Å². The fourth-order valence-corrected chi connectivity index (χ4v) is 2.67. The quantitative estimate of drug-likeness (QED) is 0.731. The van der Waals surface area contributed by atoms with Crippen LogP contribution in [0.4, 0.5) is 5.69 Å². The van der Waals surface area contributed by atoms with Crippen molar-refractivity contribution in [1.29, 1.82) is 0 Å². The van der Waals surface area contributed by atoms with Crippen molar-refractivity contribution in [3.63, 3.8) is 0 Å². The number of hydrogen-bond donors (Lipinski definition) is 1. The van der Waals surface area contributed by atoms with Crippen LogP contribution in [-0.2, 0) is 11.3 Å². The van der Waals surface area contributed by atoms with Gasteiger partial charge in [-0.2, -0.15) is 0 Å². The minimum atomic E-state index is 0.560. The monoisotopic (exact) mass is 313 g/mol. The Morgan fingerprint density at radius 3 is 2.44 bits per heavy atom. The molecule has 0 radical (unpaired) electrons. The number of ether oxygens (including phenoxy) is 1. The van der Waals surface area contributed by atoms with Crippen molar-refractivity contribution in [2.24, 2.45) is 0 Å². The van der Waals surface area contributed by atoms with Crippen LogP contribution in [0.1, 0.15) is 45.1 Å². The molecule has 0 heterocycles. The van der Waals surface area contributed by atoms with Crippen LogP contribution in [0.5, 0.6) is 0 Å². The van der Waals surface area contributed by atoms with Gasteiger partial charge in [-0.05, 0) is 25.0 Å². The second-order valence-electron chi connectivity index (χ2n) is 4.62. The average molecular weight is 314 g/mol. The summed E-state index contributed by atoms with van der Waals surface area (Å²) < 4.78 is 6.39. The first-order valence-electron chi connectivity index (χ1n) is 6.75. The molecule has 18 heavy (non-hydrogen) atoms. The standard InChI is InChI=1S/C15H24BrNO/c1-4-7-12(8-5-2)17-15-10-6-9-14(16)13(15)11-18-3/h6,9-10,12,17H,4-5,7-8,11H2,1-3H3. The third kappa shape index (κ3) is 4.62. The van der Waals surface area contributed by atoms with Crippen LogP contribution < -0.4 is 5.32 Å². The first-order chi connectivity index (χ1) is 8.72. The van der Waals surface area contributed by atoms with Crippen LogP contribution in [0.2, 0.25) is 0 Å². The van der Waals surface area contributed by atoms with Gasteiger partial charge < -0.3 is 10.1 Å². The van der Waals surface area contributed by atoms with Gasteiger partial charge in [-0.1, -0.05) is 48.7 Å². The predicted molar refractivity (Wildman–Crippen MR) is 82.1 cm³/mol. The summed E-state index contributed by atoms with van der Waals surface area (Å²) in [5, 5.41) is 3.67.